The minimum absolute atomic E-state index is 0.247. The van der Waals surface area contributed by atoms with Gasteiger partial charge < -0.3 is 20.3 Å². The van der Waals surface area contributed by atoms with Crippen LogP contribution in [-0.4, -0.2) is 47.2 Å². The summed E-state index contributed by atoms with van der Waals surface area (Å²) in [6, 6.07) is 20.8. The van der Waals surface area contributed by atoms with Gasteiger partial charge in [-0.25, -0.2) is 15.0 Å². The van der Waals surface area contributed by atoms with Crippen molar-refractivity contribution in [3.8, 4) is 0 Å². The Hall–Kier alpha value is -4.04. The second-order valence-corrected chi connectivity index (χ2v) is 7.80. The zero-order valence-electron chi connectivity index (χ0n) is 18.3. The average Bonchev–Trinajstić information content (AvgIpc) is 2.85. The van der Waals surface area contributed by atoms with Crippen LogP contribution in [0, 0.1) is 6.92 Å². The van der Waals surface area contributed by atoms with Gasteiger partial charge in [0.15, 0.2) is 0 Å². The second kappa shape index (κ2) is 9.22. The van der Waals surface area contributed by atoms with E-state index in [0.717, 1.165) is 41.3 Å². The Balaban J connectivity index is 1.26. The third-order valence-corrected chi connectivity index (χ3v) is 5.41. The van der Waals surface area contributed by atoms with Gasteiger partial charge in [0.1, 0.15) is 23.2 Å². The minimum Gasteiger partial charge on any atom is -0.378 e. The van der Waals surface area contributed by atoms with Gasteiger partial charge in [-0.05, 0) is 43.3 Å². The van der Waals surface area contributed by atoms with Gasteiger partial charge in [0, 0.05) is 35.9 Å². The third-order valence-electron chi connectivity index (χ3n) is 5.41. The molecule has 2 aromatic heterocycles. The fourth-order valence-electron chi connectivity index (χ4n) is 3.74. The van der Waals surface area contributed by atoms with Gasteiger partial charge in [-0.2, -0.15) is 0 Å². The number of ether oxygens (including phenoxy) is 1. The van der Waals surface area contributed by atoms with Crippen LogP contribution in [0.5, 0.6) is 0 Å². The van der Waals surface area contributed by atoms with Crippen LogP contribution in [0.1, 0.15) is 16.3 Å². The summed E-state index contributed by atoms with van der Waals surface area (Å²) in [5.74, 6) is 2.07. The zero-order valence-corrected chi connectivity index (χ0v) is 18.3. The first-order valence-corrected chi connectivity index (χ1v) is 10.9. The zero-order chi connectivity index (χ0) is 22.6. The smallest absolute Gasteiger partial charge is 0.274 e. The van der Waals surface area contributed by atoms with Gasteiger partial charge in [-0.15, -0.1) is 0 Å². The summed E-state index contributed by atoms with van der Waals surface area (Å²) in [6.45, 7) is 4.92. The molecule has 8 nitrogen and oxygen atoms in total. The number of carbonyl (C=O) groups is 1. The van der Waals surface area contributed by atoms with Crippen LogP contribution in [0.25, 0.3) is 10.9 Å². The highest BCUT2D eigenvalue weighted by Crippen LogP contribution is 2.22. The second-order valence-electron chi connectivity index (χ2n) is 7.80. The number of morpholine rings is 1. The lowest BCUT2D eigenvalue weighted by atomic mass is 10.2. The van der Waals surface area contributed by atoms with E-state index in [1.54, 1.807) is 6.07 Å². The number of rotatable bonds is 5. The van der Waals surface area contributed by atoms with Crippen molar-refractivity contribution in [3.05, 3.63) is 78.2 Å². The van der Waals surface area contributed by atoms with Gasteiger partial charge in [0.25, 0.3) is 5.91 Å². The minimum atomic E-state index is -0.247. The molecule has 0 saturated carbocycles. The Morgan fingerprint density at radius 1 is 0.909 bits per heavy atom. The molecule has 1 saturated heterocycles. The van der Waals surface area contributed by atoms with Crippen molar-refractivity contribution in [1.82, 2.24) is 15.0 Å². The number of nitrogens with zero attached hydrogens (tertiary/aromatic N) is 4. The number of hydrogen-bond acceptors (Lipinski definition) is 7. The number of hydrogen-bond donors (Lipinski definition) is 2. The summed E-state index contributed by atoms with van der Waals surface area (Å²) in [5, 5.41) is 7.23. The molecule has 8 heteroatoms. The van der Waals surface area contributed by atoms with Gasteiger partial charge in [0.05, 0.1) is 18.7 Å². The van der Waals surface area contributed by atoms with E-state index in [9.17, 15) is 4.79 Å². The molecule has 0 atom stereocenters. The quantitative estimate of drug-likeness (QED) is 0.481. The van der Waals surface area contributed by atoms with Crippen molar-refractivity contribution < 1.29 is 9.53 Å². The number of nitrogens with one attached hydrogen (secondary N) is 2. The van der Waals surface area contributed by atoms with E-state index in [-0.39, 0.29) is 5.91 Å². The number of anilines is 4. The first-order chi connectivity index (χ1) is 16.1. The molecule has 0 radical (unpaired) electrons. The summed E-state index contributed by atoms with van der Waals surface area (Å²) in [4.78, 5) is 28.3. The van der Waals surface area contributed by atoms with Gasteiger partial charge >= 0.3 is 0 Å². The standard InChI is InChI=1S/C25H24N6O2/c1-17-26-23(16-24(27-17)31-12-14-33-15-13-31)28-19-7-9-20(10-8-19)29-25(32)22-11-6-18-4-2-3-5-21(18)30-22/h2-11,16H,12-15H2,1H3,(H,29,32)(H,26,27,28). The van der Waals surface area contributed by atoms with Crippen LogP contribution in [0.2, 0.25) is 0 Å². The van der Waals surface area contributed by atoms with Crippen LogP contribution < -0.4 is 15.5 Å². The van der Waals surface area contributed by atoms with Crippen LogP contribution in [-0.2, 0) is 4.74 Å². The number of pyridine rings is 1. The molecule has 166 valence electrons. The van der Waals surface area contributed by atoms with Crippen molar-refractivity contribution in [3.63, 3.8) is 0 Å². The van der Waals surface area contributed by atoms with E-state index in [4.69, 9.17) is 4.74 Å². The van der Waals surface area contributed by atoms with Crippen LogP contribution in [0.4, 0.5) is 23.0 Å². The van der Waals surface area contributed by atoms with Crippen molar-refractivity contribution in [2.75, 3.05) is 41.8 Å². The molecule has 1 fully saturated rings. The lowest BCUT2D eigenvalue weighted by Crippen LogP contribution is -2.36. The fourth-order valence-corrected chi connectivity index (χ4v) is 3.74. The predicted molar refractivity (Wildman–Crippen MR) is 129 cm³/mol. The van der Waals surface area contributed by atoms with Crippen LogP contribution >= 0.6 is 0 Å². The molecule has 1 amide bonds. The number of fused-ring (bicyclic) bond motifs is 1. The molecular formula is C25H24N6O2. The molecule has 0 unspecified atom stereocenters. The number of aryl methyl sites for hydroxylation is 1. The van der Waals surface area contributed by atoms with Crippen LogP contribution in [0.15, 0.2) is 66.7 Å². The molecule has 33 heavy (non-hydrogen) atoms. The molecule has 0 bridgehead atoms. The maximum atomic E-state index is 12.6. The molecule has 1 aliphatic heterocycles. The Bertz CT molecular complexity index is 1290. The lowest BCUT2D eigenvalue weighted by Gasteiger charge is -2.28. The van der Waals surface area contributed by atoms with Gasteiger partial charge in [-0.1, -0.05) is 24.3 Å². The molecule has 2 N–H and O–H groups in total. The molecule has 0 spiro atoms. The van der Waals surface area contributed by atoms with E-state index < -0.39 is 0 Å². The first kappa shape index (κ1) is 20.8. The maximum Gasteiger partial charge on any atom is 0.274 e. The van der Waals surface area contributed by atoms with E-state index in [1.807, 2.05) is 67.6 Å². The number of benzene rings is 2. The SMILES string of the molecule is Cc1nc(Nc2ccc(NC(=O)c3ccc4ccccc4n3)cc2)cc(N2CCOCC2)n1. The number of para-hydroxylation sites is 1. The van der Waals surface area contributed by atoms with Gasteiger partial charge in [-0.3, -0.25) is 4.79 Å². The molecule has 3 heterocycles. The Morgan fingerprint density at radius 2 is 1.67 bits per heavy atom. The highest BCUT2D eigenvalue weighted by molar-refractivity contribution is 6.04. The summed E-state index contributed by atoms with van der Waals surface area (Å²) < 4.78 is 5.43. The molecule has 2 aromatic carbocycles. The van der Waals surface area contributed by atoms with Crippen LogP contribution in [0.3, 0.4) is 0 Å². The highest BCUT2D eigenvalue weighted by Gasteiger charge is 2.14. The monoisotopic (exact) mass is 440 g/mol. The number of aromatic nitrogens is 3. The fraction of sp³-hybridized carbons (Fsp3) is 0.200. The van der Waals surface area contributed by atoms with E-state index in [2.05, 4.69) is 30.5 Å². The van der Waals surface area contributed by atoms with Crippen molar-refractivity contribution >= 4 is 39.8 Å². The number of amides is 1. The first-order valence-electron chi connectivity index (χ1n) is 10.9. The number of carbonyl (C=O) groups excluding carboxylic acids is 1. The summed E-state index contributed by atoms with van der Waals surface area (Å²) in [7, 11) is 0. The van der Waals surface area contributed by atoms with Crippen molar-refractivity contribution in [2.45, 2.75) is 6.92 Å². The van der Waals surface area contributed by atoms with E-state index in [0.29, 0.717) is 30.4 Å². The molecular weight excluding hydrogens is 416 g/mol. The van der Waals surface area contributed by atoms with Crippen molar-refractivity contribution in [2.24, 2.45) is 0 Å². The third kappa shape index (κ3) is 4.91. The molecule has 1 aliphatic rings. The van der Waals surface area contributed by atoms with E-state index in [1.165, 1.54) is 0 Å². The van der Waals surface area contributed by atoms with E-state index >= 15 is 0 Å². The summed E-state index contributed by atoms with van der Waals surface area (Å²) in [5.41, 5.74) is 2.72. The Morgan fingerprint density at radius 3 is 2.48 bits per heavy atom. The molecule has 5 rings (SSSR count). The maximum absolute atomic E-state index is 12.6. The average molecular weight is 441 g/mol. The molecule has 4 aromatic rings. The van der Waals surface area contributed by atoms with Gasteiger partial charge in [0.2, 0.25) is 0 Å². The normalized spacial score (nSPS) is 13.7. The summed E-state index contributed by atoms with van der Waals surface area (Å²) >= 11 is 0. The summed E-state index contributed by atoms with van der Waals surface area (Å²) in [6.07, 6.45) is 0. The highest BCUT2D eigenvalue weighted by atomic mass is 16.5. The predicted octanol–water partition coefficient (Wildman–Crippen LogP) is 4.17. The Kier molecular flexibility index (Phi) is 5.82. The molecule has 0 aliphatic carbocycles. The Labute approximate surface area is 191 Å². The van der Waals surface area contributed by atoms with Crippen molar-refractivity contribution in [1.29, 1.82) is 0 Å². The lowest BCUT2D eigenvalue weighted by molar-refractivity contribution is 0.102. The topological polar surface area (TPSA) is 92.3 Å². The largest absolute Gasteiger partial charge is 0.378 e.